The van der Waals surface area contributed by atoms with Gasteiger partial charge in [-0.05, 0) is 49.9 Å². The van der Waals surface area contributed by atoms with Gasteiger partial charge in [-0.3, -0.25) is 4.79 Å². The number of hydrogen-bond acceptors (Lipinski definition) is 5. The van der Waals surface area contributed by atoms with Crippen LogP contribution in [-0.4, -0.2) is 57.9 Å². The van der Waals surface area contributed by atoms with Crippen molar-refractivity contribution < 1.29 is 34.5 Å². The van der Waals surface area contributed by atoms with Gasteiger partial charge in [-0.1, -0.05) is 28.1 Å². The van der Waals surface area contributed by atoms with Crippen LogP contribution in [0.4, 0.5) is 4.79 Å². The Morgan fingerprint density at radius 3 is 1.97 bits per heavy atom. The van der Waals surface area contributed by atoms with Crippen molar-refractivity contribution >= 4 is 39.9 Å². The number of amides is 2. The number of carbonyl (C=O) groups is 4. The number of hydrogen-bond donors (Lipinski definition) is 6. The molecule has 10 nitrogen and oxygen atoms in total. The second-order valence-electron chi connectivity index (χ2n) is 6.63. The van der Waals surface area contributed by atoms with Gasteiger partial charge in [0.25, 0.3) is 0 Å². The number of halogens is 1. The van der Waals surface area contributed by atoms with E-state index >= 15 is 0 Å². The van der Waals surface area contributed by atoms with Gasteiger partial charge in [-0.25, -0.2) is 14.4 Å². The van der Waals surface area contributed by atoms with Crippen molar-refractivity contribution in [3.05, 3.63) is 34.3 Å². The Hall–Kier alpha value is -2.66. The highest BCUT2D eigenvalue weighted by molar-refractivity contribution is 9.10. The van der Waals surface area contributed by atoms with E-state index in [4.69, 9.17) is 10.2 Å². The van der Waals surface area contributed by atoms with Crippen molar-refractivity contribution in [1.82, 2.24) is 16.0 Å². The second kappa shape index (κ2) is 13.5. The molecule has 0 radical (unpaired) electrons. The summed E-state index contributed by atoms with van der Waals surface area (Å²) in [6, 6.07) is 4.31. The molecule has 2 amide bonds. The monoisotopic (exact) mass is 487 g/mol. The third-order valence-electron chi connectivity index (χ3n) is 4.19. The van der Waals surface area contributed by atoms with Gasteiger partial charge >= 0.3 is 23.9 Å². The topological polar surface area (TPSA) is 165 Å². The lowest BCUT2D eigenvalue weighted by molar-refractivity contribution is -0.140. The fraction of sp³-hybridized carbons (Fsp3) is 0.474. The van der Waals surface area contributed by atoms with E-state index in [9.17, 15) is 24.3 Å². The molecule has 0 saturated carbocycles. The summed E-state index contributed by atoms with van der Waals surface area (Å²) >= 11 is 3.37. The minimum atomic E-state index is -1.42. The van der Waals surface area contributed by atoms with Gasteiger partial charge < -0.3 is 31.3 Å². The Labute approximate surface area is 182 Å². The number of carboxylic acid groups (broad SMARTS) is 3. The number of unbranched alkanes of at least 4 members (excludes halogenated alkanes) is 1. The number of carboxylic acids is 3. The summed E-state index contributed by atoms with van der Waals surface area (Å²) in [4.78, 5) is 44.9. The molecule has 0 unspecified atom stereocenters. The number of nitrogens with one attached hydrogen (secondary N) is 3. The van der Waals surface area contributed by atoms with Crippen molar-refractivity contribution in [1.29, 1.82) is 0 Å². The Balaban J connectivity index is 2.34. The molecule has 1 aromatic carbocycles. The third-order valence-corrected chi connectivity index (χ3v) is 4.72. The van der Waals surface area contributed by atoms with E-state index in [2.05, 4.69) is 31.9 Å². The number of carbonyl (C=O) groups excluding carboxylic acids is 1. The first-order valence-corrected chi connectivity index (χ1v) is 10.2. The summed E-state index contributed by atoms with van der Waals surface area (Å²) in [5.41, 5.74) is 1.12. The highest BCUT2D eigenvalue weighted by Gasteiger charge is 2.24. The zero-order valence-corrected chi connectivity index (χ0v) is 17.9. The maximum Gasteiger partial charge on any atom is 0.326 e. The predicted octanol–water partition coefficient (Wildman–Crippen LogP) is 1.78. The fourth-order valence-electron chi connectivity index (χ4n) is 2.57. The van der Waals surface area contributed by atoms with Gasteiger partial charge in [0, 0.05) is 17.4 Å². The van der Waals surface area contributed by atoms with E-state index in [1.807, 2.05) is 24.3 Å². The third kappa shape index (κ3) is 10.8. The summed E-state index contributed by atoms with van der Waals surface area (Å²) < 4.78 is 0.999. The highest BCUT2D eigenvalue weighted by Crippen LogP contribution is 2.10. The lowest BCUT2D eigenvalue weighted by Gasteiger charge is -2.18. The Morgan fingerprint density at radius 2 is 1.43 bits per heavy atom. The number of urea groups is 1. The molecule has 2 atom stereocenters. The summed E-state index contributed by atoms with van der Waals surface area (Å²) in [5.74, 6) is -3.82. The summed E-state index contributed by atoms with van der Waals surface area (Å²) in [6.45, 7) is 1.36. The molecule has 0 aliphatic rings. The van der Waals surface area contributed by atoms with Crippen LogP contribution in [0.15, 0.2) is 28.7 Å². The zero-order chi connectivity index (χ0) is 22.5. The number of rotatable bonds is 14. The van der Waals surface area contributed by atoms with E-state index in [-0.39, 0.29) is 12.8 Å². The molecule has 0 saturated heterocycles. The minimum Gasteiger partial charge on any atom is -0.481 e. The molecular weight excluding hydrogens is 462 g/mol. The second-order valence-corrected chi connectivity index (χ2v) is 7.55. The lowest BCUT2D eigenvalue weighted by atomic mass is 10.1. The molecule has 0 aliphatic carbocycles. The van der Waals surface area contributed by atoms with Crippen LogP contribution < -0.4 is 16.0 Å². The summed E-state index contributed by atoms with van der Waals surface area (Å²) in [5, 5.41) is 34.5. The average molecular weight is 488 g/mol. The SMILES string of the molecule is O=C(O)CC[C@H](NC(=O)N[C@@H](CCCCNCc1ccc(Br)cc1)C(=O)O)C(=O)O. The molecular formula is C19H26BrN3O7. The first-order valence-electron chi connectivity index (χ1n) is 9.38. The van der Waals surface area contributed by atoms with Gasteiger partial charge in [-0.15, -0.1) is 0 Å². The van der Waals surface area contributed by atoms with Crippen LogP contribution in [-0.2, 0) is 20.9 Å². The first kappa shape index (κ1) is 25.4. The lowest BCUT2D eigenvalue weighted by Crippen LogP contribution is -2.51. The van der Waals surface area contributed by atoms with Crippen LogP contribution in [0.1, 0.15) is 37.7 Å². The van der Waals surface area contributed by atoms with Gasteiger partial charge in [0.1, 0.15) is 12.1 Å². The van der Waals surface area contributed by atoms with Crippen molar-refractivity contribution in [3.8, 4) is 0 Å². The maximum atomic E-state index is 11.9. The molecule has 0 aromatic heterocycles. The Bertz CT molecular complexity index is 727. The normalized spacial score (nSPS) is 12.6. The first-order chi connectivity index (χ1) is 14.2. The number of aliphatic carboxylic acids is 3. The van der Waals surface area contributed by atoms with Crippen molar-refractivity contribution in [3.63, 3.8) is 0 Å². The Morgan fingerprint density at radius 1 is 0.867 bits per heavy atom. The van der Waals surface area contributed by atoms with E-state index in [0.717, 1.165) is 10.0 Å². The van der Waals surface area contributed by atoms with E-state index in [1.165, 1.54) is 0 Å². The molecule has 1 rings (SSSR count). The smallest absolute Gasteiger partial charge is 0.326 e. The molecule has 0 fully saturated rings. The van der Waals surface area contributed by atoms with Gasteiger partial charge in [0.2, 0.25) is 0 Å². The van der Waals surface area contributed by atoms with Crippen LogP contribution in [0.5, 0.6) is 0 Å². The van der Waals surface area contributed by atoms with Crippen molar-refractivity contribution in [2.24, 2.45) is 0 Å². The molecule has 166 valence electrons. The molecule has 0 bridgehead atoms. The van der Waals surface area contributed by atoms with E-state index in [1.54, 1.807) is 0 Å². The molecule has 30 heavy (non-hydrogen) atoms. The van der Waals surface area contributed by atoms with Gasteiger partial charge in [-0.2, -0.15) is 0 Å². The highest BCUT2D eigenvalue weighted by atomic mass is 79.9. The largest absolute Gasteiger partial charge is 0.481 e. The molecule has 0 aliphatic heterocycles. The van der Waals surface area contributed by atoms with Crippen LogP contribution in [0.2, 0.25) is 0 Å². The predicted molar refractivity (Wildman–Crippen MR) is 111 cm³/mol. The van der Waals surface area contributed by atoms with Gasteiger partial charge in [0.15, 0.2) is 0 Å². The van der Waals surface area contributed by atoms with Gasteiger partial charge in [0.05, 0.1) is 0 Å². The molecule has 11 heteroatoms. The van der Waals surface area contributed by atoms with E-state index < -0.39 is 42.4 Å². The number of benzene rings is 1. The molecule has 1 aromatic rings. The van der Waals surface area contributed by atoms with Crippen LogP contribution >= 0.6 is 15.9 Å². The van der Waals surface area contributed by atoms with Crippen LogP contribution in [0.3, 0.4) is 0 Å². The molecule has 6 N–H and O–H groups in total. The Kier molecular flexibility index (Phi) is 11.5. The summed E-state index contributed by atoms with van der Waals surface area (Å²) in [7, 11) is 0. The zero-order valence-electron chi connectivity index (χ0n) is 16.3. The van der Waals surface area contributed by atoms with Crippen molar-refractivity contribution in [2.75, 3.05) is 6.54 Å². The average Bonchev–Trinajstić information content (AvgIpc) is 2.67. The van der Waals surface area contributed by atoms with Crippen LogP contribution in [0.25, 0.3) is 0 Å². The fourth-order valence-corrected chi connectivity index (χ4v) is 2.84. The van der Waals surface area contributed by atoms with E-state index in [0.29, 0.717) is 25.9 Å². The minimum absolute atomic E-state index is 0.176. The van der Waals surface area contributed by atoms with Crippen LogP contribution in [0, 0.1) is 0 Å². The standard InChI is InChI=1S/C19H26BrN3O7/c20-13-6-4-12(5-7-13)11-21-10-2-1-3-14(17(26)27)22-19(30)23-15(18(28)29)8-9-16(24)25/h4-7,14-15,21H,1-3,8-11H2,(H,24,25)(H,26,27)(H,28,29)(H2,22,23,30)/t14-,15-/m0/s1. The maximum absolute atomic E-state index is 11.9. The summed E-state index contributed by atoms with van der Waals surface area (Å²) in [6.07, 6.45) is 0.661. The van der Waals surface area contributed by atoms with Crippen molar-refractivity contribution in [2.45, 2.75) is 50.7 Å². The molecule has 0 spiro atoms. The quantitative estimate of drug-likeness (QED) is 0.216. The molecule has 0 heterocycles.